The summed E-state index contributed by atoms with van der Waals surface area (Å²) >= 11 is 3.94. The topological polar surface area (TPSA) is 43.6 Å². The molecule has 0 bridgehead atoms. The maximum Gasteiger partial charge on any atom is 0.185 e. The van der Waals surface area contributed by atoms with E-state index in [9.17, 15) is 0 Å². The van der Waals surface area contributed by atoms with Gasteiger partial charge in [0.1, 0.15) is 0 Å². The highest BCUT2D eigenvalue weighted by Gasteiger charge is 1.96. The molecule has 0 radical (unpaired) electrons. The molecule has 0 aliphatic carbocycles. The van der Waals surface area contributed by atoms with Crippen molar-refractivity contribution in [1.29, 1.82) is 0 Å². The van der Waals surface area contributed by atoms with Crippen molar-refractivity contribution >= 4 is 22.5 Å². The van der Waals surface area contributed by atoms with Crippen molar-refractivity contribution in [2.45, 2.75) is 5.75 Å². The van der Waals surface area contributed by atoms with E-state index in [4.69, 9.17) is 0 Å². The van der Waals surface area contributed by atoms with Crippen LogP contribution in [-0.4, -0.2) is 20.2 Å². The van der Waals surface area contributed by atoms with Crippen LogP contribution >= 0.6 is 22.5 Å². The molecule has 0 amide bonds. The highest BCUT2D eigenvalue weighted by atomic mass is 33.1. The first-order chi connectivity index (χ1) is 4.33. The monoisotopic (exact) mass is 162 g/mol. The van der Waals surface area contributed by atoms with Gasteiger partial charge in [0.05, 0.1) is 12.8 Å². The molecule has 0 saturated carbocycles. The third-order valence-corrected chi connectivity index (χ3v) is 1.52. The number of aromatic nitrogens is 4. The Morgan fingerprint density at radius 1 is 1.78 bits per heavy atom. The Balaban J connectivity index is 2.61. The van der Waals surface area contributed by atoms with Crippen molar-refractivity contribution < 1.29 is 0 Å². The lowest BCUT2D eigenvalue weighted by atomic mass is 10.8. The molecule has 0 spiro atoms. The van der Waals surface area contributed by atoms with Gasteiger partial charge >= 0.3 is 0 Å². The number of hydrogen-bond donors (Lipinski definition) is 1. The number of aryl methyl sites for hydroxylation is 1. The highest BCUT2D eigenvalue weighted by molar-refractivity contribution is 8.68. The van der Waals surface area contributed by atoms with Crippen LogP contribution in [0.5, 0.6) is 0 Å². The molecule has 0 aromatic carbocycles. The van der Waals surface area contributed by atoms with Crippen LogP contribution in [0.2, 0.25) is 0 Å². The molecule has 0 aliphatic heterocycles. The fourth-order valence-corrected chi connectivity index (χ4v) is 1.02. The molecule has 0 saturated heterocycles. The van der Waals surface area contributed by atoms with Gasteiger partial charge in [0.15, 0.2) is 5.82 Å². The lowest BCUT2D eigenvalue weighted by Crippen LogP contribution is -1.92. The Hall–Kier alpha value is -0.230. The van der Waals surface area contributed by atoms with E-state index in [0.29, 0.717) is 5.75 Å². The van der Waals surface area contributed by atoms with Crippen LogP contribution in [0.25, 0.3) is 0 Å². The van der Waals surface area contributed by atoms with Gasteiger partial charge < -0.3 is 0 Å². The van der Waals surface area contributed by atoms with Crippen molar-refractivity contribution in [3.63, 3.8) is 0 Å². The van der Waals surface area contributed by atoms with Crippen molar-refractivity contribution in [1.82, 2.24) is 20.2 Å². The van der Waals surface area contributed by atoms with Crippen LogP contribution in [0.3, 0.4) is 0 Å². The van der Waals surface area contributed by atoms with E-state index < -0.39 is 0 Å². The average Bonchev–Trinajstić information content (AvgIpc) is 2.17. The zero-order valence-corrected chi connectivity index (χ0v) is 6.56. The van der Waals surface area contributed by atoms with Crippen molar-refractivity contribution in [3.8, 4) is 0 Å². The Bertz CT molecular complexity index is 186. The second-order valence-corrected chi connectivity index (χ2v) is 2.79. The van der Waals surface area contributed by atoms with Gasteiger partial charge in [-0.1, -0.05) is 10.8 Å². The van der Waals surface area contributed by atoms with E-state index >= 15 is 0 Å². The van der Waals surface area contributed by atoms with Gasteiger partial charge in [-0.05, 0) is 5.21 Å². The minimum absolute atomic E-state index is 0.705. The summed E-state index contributed by atoms with van der Waals surface area (Å²) in [4.78, 5) is 1.43. The minimum atomic E-state index is 0.705. The quantitative estimate of drug-likeness (QED) is 0.501. The summed E-state index contributed by atoms with van der Waals surface area (Å²) in [5, 5.41) is 11.3. The van der Waals surface area contributed by atoms with Gasteiger partial charge in [0.25, 0.3) is 0 Å². The number of rotatable bonds is 2. The van der Waals surface area contributed by atoms with Crippen LogP contribution in [0.15, 0.2) is 0 Å². The fraction of sp³-hybridized carbons (Fsp3) is 0.667. The normalized spacial score (nSPS) is 10.0. The fourth-order valence-electron chi connectivity index (χ4n) is 0.439. The van der Waals surface area contributed by atoms with Crippen LogP contribution in [0, 0.1) is 0 Å². The molecule has 50 valence electrons. The van der Waals surface area contributed by atoms with Gasteiger partial charge in [0.2, 0.25) is 0 Å². The molecule has 4 nitrogen and oxygen atoms in total. The van der Waals surface area contributed by atoms with E-state index in [0.717, 1.165) is 5.82 Å². The molecule has 1 aromatic rings. The second-order valence-electron chi connectivity index (χ2n) is 1.47. The predicted molar refractivity (Wildman–Crippen MR) is 39.1 cm³/mol. The molecule has 0 atom stereocenters. The van der Waals surface area contributed by atoms with Crippen molar-refractivity contribution in [3.05, 3.63) is 5.82 Å². The summed E-state index contributed by atoms with van der Waals surface area (Å²) < 4.78 is 0. The molecule has 0 N–H and O–H groups in total. The SMILES string of the molecule is Cn1nnc(CSS)n1. The van der Waals surface area contributed by atoms with Gasteiger partial charge in [-0.25, -0.2) is 0 Å². The van der Waals surface area contributed by atoms with Gasteiger partial charge in [-0.2, -0.15) is 4.80 Å². The first-order valence-corrected chi connectivity index (χ1v) is 4.36. The zero-order chi connectivity index (χ0) is 6.69. The molecule has 9 heavy (non-hydrogen) atoms. The average molecular weight is 162 g/mol. The Morgan fingerprint density at radius 3 is 3.00 bits per heavy atom. The standard InChI is InChI=1S/C3H6N4S2/c1-7-5-3(2-9-8)4-6-7/h8H,2H2,1H3. The second kappa shape index (κ2) is 3.07. The van der Waals surface area contributed by atoms with E-state index in [1.54, 1.807) is 7.05 Å². The number of thiol groups is 1. The first-order valence-electron chi connectivity index (χ1n) is 2.32. The van der Waals surface area contributed by atoms with Crippen molar-refractivity contribution in [2.75, 3.05) is 0 Å². The summed E-state index contributed by atoms with van der Waals surface area (Å²) in [6, 6.07) is 0. The molecule has 1 aromatic heterocycles. The Kier molecular flexibility index (Phi) is 2.35. The van der Waals surface area contributed by atoms with Crippen LogP contribution in [0.4, 0.5) is 0 Å². The Morgan fingerprint density at radius 2 is 2.56 bits per heavy atom. The maximum atomic E-state index is 3.94. The Labute approximate surface area is 61.8 Å². The third kappa shape index (κ3) is 1.87. The molecule has 1 rings (SSSR count). The largest absolute Gasteiger partial charge is 0.185 e. The van der Waals surface area contributed by atoms with E-state index in [1.807, 2.05) is 0 Å². The van der Waals surface area contributed by atoms with Crippen molar-refractivity contribution in [2.24, 2.45) is 7.05 Å². The highest BCUT2D eigenvalue weighted by Crippen LogP contribution is 2.09. The first kappa shape index (κ1) is 6.88. The predicted octanol–water partition coefficient (Wildman–Crippen LogP) is 0.288. The van der Waals surface area contributed by atoms with E-state index in [1.165, 1.54) is 15.6 Å². The van der Waals surface area contributed by atoms with E-state index in [-0.39, 0.29) is 0 Å². The smallest absolute Gasteiger partial charge is 0.167 e. The molecular weight excluding hydrogens is 156 g/mol. The van der Waals surface area contributed by atoms with Gasteiger partial charge in [0, 0.05) is 0 Å². The lowest BCUT2D eigenvalue weighted by molar-refractivity contribution is 0.628. The number of tetrazole rings is 1. The molecule has 1 heterocycles. The summed E-state index contributed by atoms with van der Waals surface area (Å²) in [5.41, 5.74) is 0. The summed E-state index contributed by atoms with van der Waals surface area (Å²) in [6.07, 6.45) is 0. The third-order valence-electron chi connectivity index (χ3n) is 0.743. The summed E-state index contributed by atoms with van der Waals surface area (Å²) in [7, 11) is 3.12. The number of nitrogens with zero attached hydrogens (tertiary/aromatic N) is 4. The molecule has 0 unspecified atom stereocenters. The summed E-state index contributed by atoms with van der Waals surface area (Å²) in [5.74, 6) is 1.43. The van der Waals surface area contributed by atoms with E-state index in [2.05, 4.69) is 27.1 Å². The molecule has 0 aliphatic rings. The van der Waals surface area contributed by atoms with Gasteiger partial charge in [-0.3, -0.25) is 0 Å². The van der Waals surface area contributed by atoms with Crippen LogP contribution in [-0.2, 0) is 12.8 Å². The molecule has 0 fully saturated rings. The summed E-state index contributed by atoms with van der Waals surface area (Å²) in [6.45, 7) is 0. The van der Waals surface area contributed by atoms with Gasteiger partial charge in [-0.15, -0.1) is 21.9 Å². The maximum absolute atomic E-state index is 3.94. The minimum Gasteiger partial charge on any atom is -0.167 e. The zero-order valence-electron chi connectivity index (χ0n) is 4.85. The lowest BCUT2D eigenvalue weighted by Gasteiger charge is -1.82. The number of hydrogen-bond acceptors (Lipinski definition) is 5. The van der Waals surface area contributed by atoms with Crippen LogP contribution < -0.4 is 0 Å². The molecular formula is C3H6N4S2. The van der Waals surface area contributed by atoms with Crippen LogP contribution in [0.1, 0.15) is 5.82 Å². The molecule has 6 heteroatoms.